The molecule has 0 aliphatic rings. The molecule has 0 saturated carbocycles. The average Bonchev–Trinajstić information content (AvgIpc) is 2.41. The molecule has 2 aromatic rings. The van der Waals surface area contributed by atoms with Gasteiger partial charge in [-0.25, -0.2) is 0 Å². The maximum absolute atomic E-state index is 10.2. The minimum absolute atomic E-state index is 0.487. The van der Waals surface area contributed by atoms with Gasteiger partial charge >= 0.3 is 0 Å². The van der Waals surface area contributed by atoms with Crippen LogP contribution >= 0.6 is 0 Å². The first-order valence-electron chi connectivity index (χ1n) is 5.93. The number of methoxy groups -OCH3 is 1. The smallest absolute Gasteiger partial charge is 0.124 e. The topological polar surface area (TPSA) is 42.4 Å². The van der Waals surface area contributed by atoms with E-state index in [1.54, 1.807) is 7.11 Å². The molecule has 1 atom stereocenters. The van der Waals surface area contributed by atoms with Crippen molar-refractivity contribution >= 4 is 0 Å². The third-order valence-corrected chi connectivity index (χ3v) is 2.87. The van der Waals surface area contributed by atoms with Gasteiger partial charge in [0.2, 0.25) is 0 Å². The molecule has 1 aromatic carbocycles. The van der Waals surface area contributed by atoms with Crippen LogP contribution in [0.3, 0.4) is 0 Å². The van der Waals surface area contributed by atoms with E-state index in [1.165, 1.54) is 0 Å². The number of para-hydroxylation sites is 1. The third-order valence-electron chi connectivity index (χ3n) is 2.87. The highest BCUT2D eigenvalue weighted by atomic mass is 16.5. The quantitative estimate of drug-likeness (QED) is 0.897. The molecular formula is C15H17NO2. The Kier molecular flexibility index (Phi) is 3.95. The molecule has 0 fully saturated rings. The lowest BCUT2D eigenvalue weighted by molar-refractivity contribution is 0.173. The highest BCUT2D eigenvalue weighted by molar-refractivity contribution is 5.35. The summed E-state index contributed by atoms with van der Waals surface area (Å²) >= 11 is 0. The molecule has 0 radical (unpaired) electrons. The van der Waals surface area contributed by atoms with Gasteiger partial charge in [-0.2, -0.15) is 0 Å². The molecule has 0 spiro atoms. The zero-order valence-corrected chi connectivity index (χ0v) is 10.6. The minimum Gasteiger partial charge on any atom is -0.496 e. The number of rotatable bonds is 4. The Morgan fingerprint density at radius 2 is 2.00 bits per heavy atom. The first-order chi connectivity index (χ1) is 8.70. The van der Waals surface area contributed by atoms with Crippen LogP contribution in [0.4, 0.5) is 0 Å². The summed E-state index contributed by atoms with van der Waals surface area (Å²) in [7, 11) is 1.61. The summed E-state index contributed by atoms with van der Waals surface area (Å²) in [5.74, 6) is 0.706. The van der Waals surface area contributed by atoms with Gasteiger partial charge < -0.3 is 9.84 Å². The Morgan fingerprint density at radius 1 is 1.22 bits per heavy atom. The van der Waals surface area contributed by atoms with Crippen LogP contribution in [0.25, 0.3) is 0 Å². The summed E-state index contributed by atoms with van der Waals surface area (Å²) in [5.41, 5.74) is 2.78. The standard InChI is InChI=1S/C15H17NO2/c1-11-7-8-12(16-10-11)9-14(17)13-5-3-4-6-15(13)18-2/h3-8,10,14,17H,9H2,1-2H3. The Labute approximate surface area is 107 Å². The fraction of sp³-hybridized carbons (Fsp3) is 0.267. The predicted octanol–water partition coefficient (Wildman–Crippen LogP) is 2.67. The number of aromatic nitrogens is 1. The van der Waals surface area contributed by atoms with Crippen LogP contribution in [0.2, 0.25) is 0 Å². The number of aliphatic hydroxyl groups excluding tert-OH is 1. The van der Waals surface area contributed by atoms with Crippen molar-refractivity contribution in [1.82, 2.24) is 4.98 Å². The van der Waals surface area contributed by atoms with Crippen molar-refractivity contribution in [1.29, 1.82) is 0 Å². The SMILES string of the molecule is COc1ccccc1C(O)Cc1ccc(C)cn1. The van der Waals surface area contributed by atoms with Gasteiger partial charge in [0.15, 0.2) is 0 Å². The molecule has 1 N–H and O–H groups in total. The van der Waals surface area contributed by atoms with Gasteiger partial charge in [0.1, 0.15) is 5.75 Å². The molecule has 3 heteroatoms. The lowest BCUT2D eigenvalue weighted by Crippen LogP contribution is -2.05. The van der Waals surface area contributed by atoms with E-state index >= 15 is 0 Å². The molecule has 1 unspecified atom stereocenters. The zero-order chi connectivity index (χ0) is 13.0. The molecule has 0 bridgehead atoms. The second-order valence-electron chi connectivity index (χ2n) is 4.29. The minimum atomic E-state index is -0.601. The Morgan fingerprint density at radius 3 is 2.67 bits per heavy atom. The van der Waals surface area contributed by atoms with E-state index in [9.17, 15) is 5.11 Å². The number of ether oxygens (including phenoxy) is 1. The Hall–Kier alpha value is -1.87. The number of pyridine rings is 1. The van der Waals surface area contributed by atoms with E-state index < -0.39 is 6.10 Å². The maximum atomic E-state index is 10.2. The van der Waals surface area contributed by atoms with E-state index in [0.717, 1.165) is 16.8 Å². The lowest BCUT2D eigenvalue weighted by Gasteiger charge is -2.14. The fourth-order valence-electron chi connectivity index (χ4n) is 1.87. The number of aryl methyl sites for hydroxylation is 1. The van der Waals surface area contributed by atoms with Crippen LogP contribution in [-0.2, 0) is 6.42 Å². The second-order valence-corrected chi connectivity index (χ2v) is 4.29. The van der Waals surface area contributed by atoms with Crippen molar-refractivity contribution < 1.29 is 9.84 Å². The monoisotopic (exact) mass is 243 g/mol. The molecular weight excluding hydrogens is 226 g/mol. The van der Waals surface area contributed by atoms with Crippen molar-refractivity contribution in [2.45, 2.75) is 19.4 Å². The number of aliphatic hydroxyl groups is 1. The second kappa shape index (κ2) is 5.65. The average molecular weight is 243 g/mol. The van der Waals surface area contributed by atoms with Gasteiger partial charge in [-0.05, 0) is 24.6 Å². The Bertz CT molecular complexity index is 508. The van der Waals surface area contributed by atoms with E-state index in [4.69, 9.17) is 4.74 Å². The van der Waals surface area contributed by atoms with E-state index in [1.807, 2.05) is 49.5 Å². The van der Waals surface area contributed by atoms with Gasteiger partial charge in [-0.15, -0.1) is 0 Å². The van der Waals surface area contributed by atoms with Gasteiger partial charge in [0.25, 0.3) is 0 Å². The van der Waals surface area contributed by atoms with Crippen molar-refractivity contribution in [3.63, 3.8) is 0 Å². The first kappa shape index (κ1) is 12.6. The van der Waals surface area contributed by atoms with Crippen molar-refractivity contribution in [2.24, 2.45) is 0 Å². The summed E-state index contributed by atoms with van der Waals surface area (Å²) in [6.07, 6.45) is 1.70. The highest BCUT2D eigenvalue weighted by Gasteiger charge is 2.13. The Balaban J connectivity index is 2.16. The van der Waals surface area contributed by atoms with E-state index in [0.29, 0.717) is 12.2 Å². The summed E-state index contributed by atoms with van der Waals surface area (Å²) in [4.78, 5) is 4.30. The van der Waals surface area contributed by atoms with Crippen LogP contribution in [0, 0.1) is 6.92 Å². The summed E-state index contributed by atoms with van der Waals surface area (Å²) in [6, 6.07) is 11.4. The predicted molar refractivity (Wildman–Crippen MR) is 70.6 cm³/mol. The number of benzene rings is 1. The molecule has 2 rings (SSSR count). The molecule has 0 saturated heterocycles. The zero-order valence-electron chi connectivity index (χ0n) is 10.6. The van der Waals surface area contributed by atoms with Gasteiger partial charge in [-0.3, -0.25) is 4.98 Å². The molecule has 3 nitrogen and oxygen atoms in total. The highest BCUT2D eigenvalue weighted by Crippen LogP contribution is 2.26. The molecule has 18 heavy (non-hydrogen) atoms. The van der Waals surface area contributed by atoms with Crippen LogP contribution in [0.5, 0.6) is 5.75 Å². The normalized spacial score (nSPS) is 12.2. The van der Waals surface area contributed by atoms with Crippen LogP contribution in [0.1, 0.15) is 22.9 Å². The molecule has 1 aromatic heterocycles. The lowest BCUT2D eigenvalue weighted by atomic mass is 10.0. The maximum Gasteiger partial charge on any atom is 0.124 e. The molecule has 94 valence electrons. The molecule has 0 aliphatic heterocycles. The third kappa shape index (κ3) is 2.87. The van der Waals surface area contributed by atoms with Gasteiger partial charge in [0, 0.05) is 23.9 Å². The van der Waals surface area contributed by atoms with Gasteiger partial charge in [0.05, 0.1) is 13.2 Å². The molecule has 1 heterocycles. The van der Waals surface area contributed by atoms with Crippen molar-refractivity contribution in [3.8, 4) is 5.75 Å². The van der Waals surface area contributed by atoms with E-state index in [2.05, 4.69) is 4.98 Å². The fourth-order valence-corrected chi connectivity index (χ4v) is 1.87. The molecule has 0 aliphatic carbocycles. The van der Waals surface area contributed by atoms with Crippen LogP contribution in [-0.4, -0.2) is 17.2 Å². The first-order valence-corrected chi connectivity index (χ1v) is 5.93. The summed E-state index contributed by atoms with van der Waals surface area (Å²) in [6.45, 7) is 1.99. The van der Waals surface area contributed by atoms with E-state index in [-0.39, 0.29) is 0 Å². The molecule has 0 amide bonds. The van der Waals surface area contributed by atoms with Crippen molar-refractivity contribution in [2.75, 3.05) is 7.11 Å². The summed E-state index contributed by atoms with van der Waals surface area (Å²) in [5, 5.41) is 10.2. The van der Waals surface area contributed by atoms with Crippen molar-refractivity contribution in [3.05, 3.63) is 59.4 Å². The summed E-state index contributed by atoms with van der Waals surface area (Å²) < 4.78 is 5.24. The van der Waals surface area contributed by atoms with Crippen LogP contribution in [0.15, 0.2) is 42.6 Å². The largest absolute Gasteiger partial charge is 0.496 e. The number of nitrogens with zero attached hydrogens (tertiary/aromatic N) is 1. The number of hydrogen-bond donors (Lipinski definition) is 1. The number of hydrogen-bond acceptors (Lipinski definition) is 3. The van der Waals surface area contributed by atoms with Gasteiger partial charge in [-0.1, -0.05) is 24.3 Å². The van der Waals surface area contributed by atoms with Crippen LogP contribution < -0.4 is 4.74 Å².